The fourth-order valence-corrected chi connectivity index (χ4v) is 4.21. The number of nitrogens with one attached hydrogen (secondary N) is 1. The lowest BCUT2D eigenvalue weighted by Crippen LogP contribution is -2.46. The van der Waals surface area contributed by atoms with Crippen molar-refractivity contribution in [2.75, 3.05) is 33.9 Å². The van der Waals surface area contributed by atoms with E-state index < -0.39 is 11.7 Å². The normalized spacial score (nSPS) is 16.2. The monoisotopic (exact) mass is 454 g/mol. The number of pyridine rings is 1. The van der Waals surface area contributed by atoms with Gasteiger partial charge in [-0.25, -0.2) is 14.2 Å². The molecule has 9 heteroatoms. The second kappa shape index (κ2) is 9.19. The minimum absolute atomic E-state index is 0.00996. The maximum absolute atomic E-state index is 14.9. The molecule has 0 unspecified atom stereocenters. The van der Waals surface area contributed by atoms with Crippen LogP contribution in [0.15, 0.2) is 30.5 Å². The van der Waals surface area contributed by atoms with Gasteiger partial charge in [0.1, 0.15) is 11.5 Å². The molecule has 2 amide bonds. The first-order valence-corrected chi connectivity index (χ1v) is 10.8. The van der Waals surface area contributed by atoms with Gasteiger partial charge in [0.2, 0.25) is 0 Å². The zero-order chi connectivity index (χ0) is 23.7. The highest BCUT2D eigenvalue weighted by atomic mass is 19.1. The van der Waals surface area contributed by atoms with E-state index in [4.69, 9.17) is 14.5 Å². The quantitative estimate of drug-likeness (QED) is 0.655. The van der Waals surface area contributed by atoms with Crippen molar-refractivity contribution in [3.05, 3.63) is 58.7 Å². The lowest BCUT2D eigenvalue weighted by molar-refractivity contribution is -0.0241. The average Bonchev–Trinajstić information content (AvgIpc) is 3.16. The van der Waals surface area contributed by atoms with Crippen LogP contribution >= 0.6 is 0 Å². The van der Waals surface area contributed by atoms with Crippen LogP contribution in [0.2, 0.25) is 0 Å². The molecule has 0 bridgehead atoms. The molecule has 4 rings (SSSR count). The van der Waals surface area contributed by atoms with E-state index in [1.807, 2.05) is 36.6 Å². The number of amides is 2. The van der Waals surface area contributed by atoms with Gasteiger partial charge in [-0.05, 0) is 49.2 Å². The fraction of sp³-hybridized carbons (Fsp3) is 0.375. The van der Waals surface area contributed by atoms with Gasteiger partial charge in [0.05, 0.1) is 43.3 Å². The Morgan fingerprint density at radius 2 is 2.09 bits per heavy atom. The minimum Gasteiger partial charge on any atom is -0.453 e. The lowest BCUT2D eigenvalue weighted by atomic mass is 9.98. The zero-order valence-electron chi connectivity index (χ0n) is 19.1. The molecule has 1 saturated heterocycles. The van der Waals surface area contributed by atoms with E-state index in [9.17, 15) is 14.0 Å². The predicted octanol–water partition coefficient (Wildman–Crippen LogP) is 3.13. The van der Waals surface area contributed by atoms with E-state index in [2.05, 4.69) is 5.32 Å². The van der Waals surface area contributed by atoms with Gasteiger partial charge >= 0.3 is 6.09 Å². The van der Waals surface area contributed by atoms with Crippen molar-refractivity contribution >= 4 is 17.6 Å². The Bertz CT molecular complexity index is 1220. The van der Waals surface area contributed by atoms with Crippen LogP contribution in [0.1, 0.15) is 27.2 Å². The molecule has 33 heavy (non-hydrogen) atoms. The number of hydrogen-bond donors (Lipinski definition) is 1. The number of aromatic nitrogens is 2. The number of rotatable bonds is 4. The molecule has 174 valence electrons. The summed E-state index contributed by atoms with van der Waals surface area (Å²) in [6.45, 7) is 5.06. The molecular formula is C24H27FN4O4. The van der Waals surface area contributed by atoms with Crippen molar-refractivity contribution in [1.29, 1.82) is 0 Å². The zero-order valence-corrected chi connectivity index (χ0v) is 19.1. The molecule has 1 atom stereocenters. The summed E-state index contributed by atoms with van der Waals surface area (Å²) in [6, 6.07) is 6.84. The summed E-state index contributed by atoms with van der Waals surface area (Å²) in [6.07, 6.45) is 1.74. The summed E-state index contributed by atoms with van der Waals surface area (Å²) >= 11 is 0. The van der Waals surface area contributed by atoms with Gasteiger partial charge < -0.3 is 24.1 Å². The highest BCUT2D eigenvalue weighted by molar-refractivity contribution is 5.95. The molecule has 1 aliphatic rings. The van der Waals surface area contributed by atoms with Gasteiger partial charge in [0.25, 0.3) is 5.91 Å². The Morgan fingerprint density at radius 1 is 1.30 bits per heavy atom. The average molecular weight is 455 g/mol. The molecule has 0 saturated carbocycles. The fourth-order valence-electron chi connectivity index (χ4n) is 4.21. The third-order valence-corrected chi connectivity index (χ3v) is 5.91. The standard InChI is InChI=1S/C24H27FN4O4/c1-14-5-6-29-20(11-16-13-28(7-8-33-16)24(31)32-4)22(27-21(29)9-14)17-12-19(25)18(10-15(17)2)23(30)26-3/h5-6,9-10,12,16H,7-8,11,13H2,1-4H3,(H,26,30)/t16-/m1/s1. The first-order chi connectivity index (χ1) is 15.8. The van der Waals surface area contributed by atoms with Crippen molar-refractivity contribution < 1.29 is 23.5 Å². The molecule has 0 spiro atoms. The summed E-state index contributed by atoms with van der Waals surface area (Å²) in [7, 11) is 2.83. The van der Waals surface area contributed by atoms with Gasteiger partial charge in [0, 0.05) is 31.8 Å². The number of carbonyl (C=O) groups excluding carboxylic acids is 2. The first-order valence-electron chi connectivity index (χ1n) is 10.8. The van der Waals surface area contributed by atoms with E-state index >= 15 is 0 Å². The summed E-state index contributed by atoms with van der Waals surface area (Å²) < 4.78 is 27.6. The third kappa shape index (κ3) is 4.41. The summed E-state index contributed by atoms with van der Waals surface area (Å²) in [4.78, 5) is 30.5. The number of nitrogens with zero attached hydrogens (tertiary/aromatic N) is 3. The molecule has 1 aromatic carbocycles. The highest BCUT2D eigenvalue weighted by Gasteiger charge is 2.28. The predicted molar refractivity (Wildman–Crippen MR) is 121 cm³/mol. The van der Waals surface area contributed by atoms with Crippen LogP contribution in [0.4, 0.5) is 9.18 Å². The minimum atomic E-state index is -0.611. The smallest absolute Gasteiger partial charge is 0.409 e. The molecule has 0 aliphatic carbocycles. The molecule has 1 N–H and O–H groups in total. The summed E-state index contributed by atoms with van der Waals surface area (Å²) in [5.41, 5.74) is 4.58. The van der Waals surface area contributed by atoms with Crippen LogP contribution < -0.4 is 5.32 Å². The number of hydrogen-bond acceptors (Lipinski definition) is 5. The van der Waals surface area contributed by atoms with E-state index in [1.165, 1.54) is 20.2 Å². The van der Waals surface area contributed by atoms with E-state index in [0.29, 0.717) is 37.4 Å². The molecule has 8 nitrogen and oxygen atoms in total. The summed E-state index contributed by atoms with van der Waals surface area (Å²) in [5, 5.41) is 2.46. The highest BCUT2D eigenvalue weighted by Crippen LogP contribution is 2.31. The van der Waals surface area contributed by atoms with E-state index in [-0.39, 0.29) is 17.8 Å². The van der Waals surface area contributed by atoms with E-state index in [0.717, 1.165) is 22.5 Å². The molecule has 1 aliphatic heterocycles. The number of methoxy groups -OCH3 is 1. The van der Waals surface area contributed by atoms with Gasteiger partial charge in [0.15, 0.2) is 0 Å². The Balaban J connectivity index is 1.78. The first kappa shape index (κ1) is 22.7. The lowest BCUT2D eigenvalue weighted by Gasteiger charge is -2.32. The van der Waals surface area contributed by atoms with Crippen LogP contribution in [0, 0.1) is 19.7 Å². The number of morpholine rings is 1. The number of benzene rings is 1. The number of carbonyl (C=O) groups is 2. The summed E-state index contributed by atoms with van der Waals surface area (Å²) in [5.74, 6) is -1.09. The van der Waals surface area contributed by atoms with Crippen LogP contribution in [-0.2, 0) is 15.9 Å². The molecular weight excluding hydrogens is 427 g/mol. The Hall–Kier alpha value is -3.46. The molecule has 1 fully saturated rings. The Labute approximate surface area is 191 Å². The molecule has 3 aromatic rings. The Kier molecular flexibility index (Phi) is 6.33. The van der Waals surface area contributed by atoms with Gasteiger partial charge in [-0.2, -0.15) is 0 Å². The molecule has 2 aromatic heterocycles. The SMILES string of the molecule is CNC(=O)c1cc(C)c(-c2nc3cc(C)ccn3c2C[C@@H]2CN(C(=O)OC)CCO2)cc1F. The van der Waals surface area contributed by atoms with Crippen LogP contribution in [-0.4, -0.2) is 66.2 Å². The van der Waals surface area contributed by atoms with Gasteiger partial charge in [-0.1, -0.05) is 0 Å². The maximum Gasteiger partial charge on any atom is 0.409 e. The van der Waals surface area contributed by atoms with Gasteiger partial charge in [-0.3, -0.25) is 4.79 Å². The van der Waals surface area contributed by atoms with E-state index in [1.54, 1.807) is 11.0 Å². The largest absolute Gasteiger partial charge is 0.453 e. The number of ether oxygens (including phenoxy) is 2. The van der Waals surface area contributed by atoms with Crippen LogP contribution in [0.5, 0.6) is 0 Å². The number of imidazole rings is 1. The number of fused-ring (bicyclic) bond motifs is 1. The molecule has 3 heterocycles. The Morgan fingerprint density at radius 3 is 2.82 bits per heavy atom. The topological polar surface area (TPSA) is 85.2 Å². The maximum atomic E-state index is 14.9. The second-order valence-electron chi connectivity index (χ2n) is 8.18. The van der Waals surface area contributed by atoms with Crippen LogP contribution in [0.25, 0.3) is 16.9 Å². The van der Waals surface area contributed by atoms with Gasteiger partial charge in [-0.15, -0.1) is 0 Å². The number of aryl methyl sites for hydroxylation is 2. The molecule has 0 radical (unpaired) electrons. The van der Waals surface area contributed by atoms with Crippen LogP contribution in [0.3, 0.4) is 0 Å². The third-order valence-electron chi connectivity index (χ3n) is 5.91. The van der Waals surface area contributed by atoms with Crippen molar-refractivity contribution in [2.45, 2.75) is 26.4 Å². The van der Waals surface area contributed by atoms with Crippen molar-refractivity contribution in [3.8, 4) is 11.3 Å². The van der Waals surface area contributed by atoms with Crippen molar-refractivity contribution in [2.24, 2.45) is 0 Å². The number of halogens is 1. The van der Waals surface area contributed by atoms with Crippen molar-refractivity contribution in [3.63, 3.8) is 0 Å². The van der Waals surface area contributed by atoms with Crippen molar-refractivity contribution in [1.82, 2.24) is 19.6 Å². The second-order valence-corrected chi connectivity index (χ2v) is 8.18.